The van der Waals surface area contributed by atoms with E-state index < -0.39 is 0 Å². The first-order chi connectivity index (χ1) is 6.35. The number of hydrogen-bond acceptors (Lipinski definition) is 2. The van der Waals surface area contributed by atoms with Gasteiger partial charge in [0.15, 0.2) is 0 Å². The number of benzene rings is 1. The van der Waals surface area contributed by atoms with E-state index in [0.29, 0.717) is 0 Å². The monoisotopic (exact) mass is 180 g/mol. The predicted octanol–water partition coefficient (Wildman–Crippen LogP) is 1.69. The molecule has 0 saturated carbocycles. The van der Waals surface area contributed by atoms with Crippen molar-refractivity contribution in [1.29, 1.82) is 0 Å². The minimum atomic E-state index is -0.125. The van der Waals surface area contributed by atoms with Gasteiger partial charge in [-0.15, -0.1) is 0 Å². The first-order valence-corrected chi connectivity index (χ1v) is 4.24. The van der Waals surface area contributed by atoms with Crippen molar-refractivity contribution in [2.75, 3.05) is 13.2 Å². The van der Waals surface area contributed by atoms with Crippen LogP contribution in [0.4, 0.5) is 0 Å². The maximum absolute atomic E-state index is 7.62. The summed E-state index contributed by atoms with van der Waals surface area (Å²) in [5.74, 6) is 0. The van der Waals surface area contributed by atoms with Crippen LogP contribution in [0.15, 0.2) is 36.4 Å². The molecule has 1 rings (SSSR count). The SMILES string of the molecule is C/C=C/c1ccccc1.OCCO. The van der Waals surface area contributed by atoms with E-state index in [1.165, 1.54) is 5.56 Å². The van der Waals surface area contributed by atoms with E-state index in [2.05, 4.69) is 18.2 Å². The second kappa shape index (κ2) is 8.97. The highest BCUT2D eigenvalue weighted by Gasteiger charge is 1.77. The van der Waals surface area contributed by atoms with Gasteiger partial charge in [0.1, 0.15) is 0 Å². The van der Waals surface area contributed by atoms with Gasteiger partial charge < -0.3 is 10.2 Å². The van der Waals surface area contributed by atoms with Gasteiger partial charge in [0.25, 0.3) is 0 Å². The van der Waals surface area contributed by atoms with Crippen LogP contribution in [-0.4, -0.2) is 23.4 Å². The number of allylic oxidation sites excluding steroid dienone is 1. The third-order valence-corrected chi connectivity index (χ3v) is 1.26. The van der Waals surface area contributed by atoms with Crippen LogP contribution in [0.2, 0.25) is 0 Å². The van der Waals surface area contributed by atoms with Crippen LogP contribution in [0.25, 0.3) is 6.08 Å². The van der Waals surface area contributed by atoms with Crippen molar-refractivity contribution in [3.63, 3.8) is 0 Å². The van der Waals surface area contributed by atoms with Crippen molar-refractivity contribution < 1.29 is 10.2 Å². The fourth-order valence-electron chi connectivity index (χ4n) is 0.757. The lowest BCUT2D eigenvalue weighted by molar-refractivity contribution is 0.186. The summed E-state index contributed by atoms with van der Waals surface area (Å²) in [6.07, 6.45) is 4.12. The summed E-state index contributed by atoms with van der Waals surface area (Å²) in [5.41, 5.74) is 1.26. The van der Waals surface area contributed by atoms with Crippen LogP contribution in [0.5, 0.6) is 0 Å². The molecule has 0 aliphatic heterocycles. The average Bonchev–Trinajstić information content (AvgIpc) is 2.20. The van der Waals surface area contributed by atoms with Crippen LogP contribution in [-0.2, 0) is 0 Å². The molecule has 0 saturated heterocycles. The Morgan fingerprint density at radius 3 is 2.00 bits per heavy atom. The highest BCUT2D eigenvalue weighted by Crippen LogP contribution is 1.99. The highest BCUT2D eigenvalue weighted by molar-refractivity contribution is 5.47. The van der Waals surface area contributed by atoms with Crippen molar-refractivity contribution in [2.45, 2.75) is 6.92 Å². The predicted molar refractivity (Wildman–Crippen MR) is 55.3 cm³/mol. The summed E-state index contributed by atoms with van der Waals surface area (Å²) < 4.78 is 0. The van der Waals surface area contributed by atoms with Crippen LogP contribution in [0.1, 0.15) is 12.5 Å². The van der Waals surface area contributed by atoms with Gasteiger partial charge in [-0.1, -0.05) is 42.5 Å². The van der Waals surface area contributed by atoms with E-state index >= 15 is 0 Å². The summed E-state index contributed by atoms with van der Waals surface area (Å²) in [7, 11) is 0. The maximum atomic E-state index is 7.62. The van der Waals surface area contributed by atoms with E-state index in [-0.39, 0.29) is 13.2 Å². The molecule has 0 aliphatic rings. The fraction of sp³-hybridized carbons (Fsp3) is 0.273. The Morgan fingerprint density at radius 1 is 1.08 bits per heavy atom. The second-order valence-electron chi connectivity index (χ2n) is 2.36. The molecule has 2 nitrogen and oxygen atoms in total. The highest BCUT2D eigenvalue weighted by atomic mass is 16.3. The minimum absolute atomic E-state index is 0.125. The van der Waals surface area contributed by atoms with Gasteiger partial charge in [0, 0.05) is 0 Å². The fourth-order valence-corrected chi connectivity index (χ4v) is 0.757. The van der Waals surface area contributed by atoms with E-state index in [9.17, 15) is 0 Å². The first-order valence-electron chi connectivity index (χ1n) is 4.24. The van der Waals surface area contributed by atoms with E-state index in [1.54, 1.807) is 0 Å². The van der Waals surface area contributed by atoms with Crippen molar-refractivity contribution in [2.24, 2.45) is 0 Å². The topological polar surface area (TPSA) is 40.5 Å². The van der Waals surface area contributed by atoms with Gasteiger partial charge in [-0.3, -0.25) is 0 Å². The van der Waals surface area contributed by atoms with Crippen LogP contribution >= 0.6 is 0 Å². The summed E-state index contributed by atoms with van der Waals surface area (Å²) in [5, 5.41) is 15.2. The number of aliphatic hydroxyl groups is 2. The van der Waals surface area contributed by atoms with E-state index in [0.717, 1.165) is 0 Å². The Bertz CT molecular complexity index is 215. The zero-order chi connectivity index (χ0) is 9.94. The first kappa shape index (κ1) is 11.9. The number of hydrogen-bond donors (Lipinski definition) is 2. The van der Waals surface area contributed by atoms with Crippen molar-refractivity contribution in [1.82, 2.24) is 0 Å². The summed E-state index contributed by atoms with van der Waals surface area (Å²) >= 11 is 0. The summed E-state index contributed by atoms with van der Waals surface area (Å²) in [6, 6.07) is 10.3. The lowest BCUT2D eigenvalue weighted by Gasteiger charge is -1.86. The maximum Gasteiger partial charge on any atom is 0.0662 e. The van der Waals surface area contributed by atoms with Crippen LogP contribution in [0.3, 0.4) is 0 Å². The summed E-state index contributed by atoms with van der Waals surface area (Å²) in [6.45, 7) is 1.77. The third-order valence-electron chi connectivity index (χ3n) is 1.26. The molecule has 2 N–H and O–H groups in total. The second-order valence-corrected chi connectivity index (χ2v) is 2.36. The van der Waals surface area contributed by atoms with E-state index in [1.807, 2.05) is 31.2 Å². The Labute approximate surface area is 79.2 Å². The molecule has 0 amide bonds. The molecule has 1 aromatic rings. The Kier molecular flexibility index (Phi) is 8.20. The molecular formula is C11H16O2. The molecule has 0 aromatic heterocycles. The Morgan fingerprint density at radius 2 is 1.62 bits per heavy atom. The minimum Gasteiger partial charge on any atom is -0.394 e. The Balaban J connectivity index is 0.000000310. The molecule has 0 atom stereocenters. The molecule has 0 unspecified atom stereocenters. The largest absolute Gasteiger partial charge is 0.394 e. The molecule has 13 heavy (non-hydrogen) atoms. The zero-order valence-corrected chi connectivity index (χ0v) is 7.85. The molecule has 0 heterocycles. The molecule has 72 valence electrons. The van der Waals surface area contributed by atoms with Crippen molar-refractivity contribution >= 4 is 6.08 Å². The van der Waals surface area contributed by atoms with Crippen molar-refractivity contribution in [3.8, 4) is 0 Å². The number of rotatable bonds is 2. The molecule has 2 heteroatoms. The molecule has 0 spiro atoms. The average molecular weight is 180 g/mol. The van der Waals surface area contributed by atoms with Gasteiger partial charge in [-0.2, -0.15) is 0 Å². The van der Waals surface area contributed by atoms with Gasteiger partial charge in [-0.05, 0) is 12.5 Å². The number of aliphatic hydroxyl groups excluding tert-OH is 2. The van der Waals surface area contributed by atoms with Gasteiger partial charge >= 0.3 is 0 Å². The quantitative estimate of drug-likeness (QED) is 0.727. The van der Waals surface area contributed by atoms with E-state index in [4.69, 9.17) is 10.2 Å². The Hall–Kier alpha value is -1.12. The molecule has 0 fully saturated rings. The smallest absolute Gasteiger partial charge is 0.0662 e. The van der Waals surface area contributed by atoms with Crippen LogP contribution in [0, 0.1) is 0 Å². The van der Waals surface area contributed by atoms with Crippen LogP contribution < -0.4 is 0 Å². The van der Waals surface area contributed by atoms with Gasteiger partial charge in [-0.25, -0.2) is 0 Å². The van der Waals surface area contributed by atoms with Gasteiger partial charge in [0.05, 0.1) is 13.2 Å². The van der Waals surface area contributed by atoms with Crippen molar-refractivity contribution in [3.05, 3.63) is 42.0 Å². The lowest BCUT2D eigenvalue weighted by atomic mass is 10.2. The van der Waals surface area contributed by atoms with Gasteiger partial charge in [0.2, 0.25) is 0 Å². The third kappa shape index (κ3) is 7.25. The summed E-state index contributed by atoms with van der Waals surface area (Å²) in [4.78, 5) is 0. The molecule has 0 aliphatic carbocycles. The normalized spacial score (nSPS) is 9.46. The standard InChI is InChI=1S/C9H10.C2H6O2/c1-2-6-9-7-4-3-5-8-9;3-1-2-4/h2-8H,1H3;3-4H,1-2H2/b6-2+;. The molecular weight excluding hydrogens is 164 g/mol. The molecule has 0 bridgehead atoms. The zero-order valence-electron chi connectivity index (χ0n) is 7.85. The molecule has 0 radical (unpaired) electrons. The molecule has 1 aromatic carbocycles. The lowest BCUT2D eigenvalue weighted by Crippen LogP contribution is -1.85.